The number of anilines is 2. The standard InChI is InChI=1S/C11H20N4O2S/c1-7(2)15(5-6-17-4)11-8(10(16)13-3)9(12)14-18-11/h7H,5-6H2,1-4H3,(H2,12,14)(H,13,16). The van der Waals surface area contributed by atoms with E-state index in [0.29, 0.717) is 18.7 Å². The molecule has 0 aliphatic carbocycles. The molecule has 1 aromatic heterocycles. The Morgan fingerprint density at radius 2 is 2.28 bits per heavy atom. The lowest BCUT2D eigenvalue weighted by Crippen LogP contribution is -2.35. The first-order chi connectivity index (χ1) is 8.52. The Labute approximate surface area is 111 Å². The van der Waals surface area contributed by atoms with Gasteiger partial charge in [0.15, 0.2) is 5.82 Å². The van der Waals surface area contributed by atoms with Gasteiger partial charge in [-0.3, -0.25) is 4.79 Å². The molecule has 1 aromatic rings. The Balaban J connectivity index is 3.08. The number of hydrogen-bond donors (Lipinski definition) is 2. The molecule has 1 amide bonds. The van der Waals surface area contributed by atoms with Crippen LogP contribution in [0.2, 0.25) is 0 Å². The van der Waals surface area contributed by atoms with Crippen molar-refractivity contribution in [3.05, 3.63) is 5.56 Å². The lowest BCUT2D eigenvalue weighted by Gasteiger charge is -2.27. The number of nitrogens with zero attached hydrogens (tertiary/aromatic N) is 2. The third kappa shape index (κ3) is 3.11. The van der Waals surface area contributed by atoms with E-state index in [2.05, 4.69) is 28.4 Å². The van der Waals surface area contributed by atoms with E-state index in [1.54, 1.807) is 14.2 Å². The van der Waals surface area contributed by atoms with Crippen molar-refractivity contribution in [1.29, 1.82) is 0 Å². The molecule has 6 nitrogen and oxygen atoms in total. The lowest BCUT2D eigenvalue weighted by molar-refractivity contribution is 0.0964. The predicted octanol–water partition coefficient (Wildman–Crippen LogP) is 0.946. The van der Waals surface area contributed by atoms with Crippen molar-refractivity contribution in [1.82, 2.24) is 9.69 Å². The molecule has 0 aliphatic heterocycles. The highest BCUT2D eigenvalue weighted by molar-refractivity contribution is 7.11. The van der Waals surface area contributed by atoms with E-state index in [0.717, 1.165) is 5.00 Å². The normalized spacial score (nSPS) is 10.7. The number of nitrogen functional groups attached to an aromatic ring is 1. The second-order valence-corrected chi connectivity index (χ2v) is 4.86. The molecule has 0 fully saturated rings. The van der Waals surface area contributed by atoms with Crippen molar-refractivity contribution in [3.63, 3.8) is 0 Å². The molecular weight excluding hydrogens is 252 g/mol. The number of aromatic nitrogens is 1. The van der Waals surface area contributed by atoms with E-state index >= 15 is 0 Å². The molecule has 0 unspecified atom stereocenters. The summed E-state index contributed by atoms with van der Waals surface area (Å²) in [5.41, 5.74) is 6.22. The first kappa shape index (κ1) is 14.7. The zero-order chi connectivity index (χ0) is 13.7. The lowest BCUT2D eigenvalue weighted by atomic mass is 10.2. The quantitative estimate of drug-likeness (QED) is 0.806. The Bertz CT molecular complexity index is 406. The topological polar surface area (TPSA) is 80.5 Å². The van der Waals surface area contributed by atoms with E-state index in [-0.39, 0.29) is 17.8 Å². The van der Waals surface area contributed by atoms with Crippen molar-refractivity contribution < 1.29 is 9.53 Å². The number of rotatable bonds is 6. The van der Waals surface area contributed by atoms with Gasteiger partial charge in [0.2, 0.25) is 0 Å². The highest BCUT2D eigenvalue weighted by Crippen LogP contribution is 2.31. The maximum atomic E-state index is 11.8. The first-order valence-electron chi connectivity index (χ1n) is 5.75. The Kier molecular flexibility index (Phi) is 5.36. The van der Waals surface area contributed by atoms with Crippen LogP contribution >= 0.6 is 11.5 Å². The minimum Gasteiger partial charge on any atom is -0.383 e. The van der Waals surface area contributed by atoms with Crippen molar-refractivity contribution in [3.8, 4) is 0 Å². The van der Waals surface area contributed by atoms with Crippen LogP contribution in [0.25, 0.3) is 0 Å². The van der Waals surface area contributed by atoms with Gasteiger partial charge in [0.1, 0.15) is 10.6 Å². The number of carbonyl (C=O) groups excluding carboxylic acids is 1. The van der Waals surface area contributed by atoms with Crippen molar-refractivity contribution in [2.24, 2.45) is 0 Å². The summed E-state index contributed by atoms with van der Waals surface area (Å²) in [5, 5.41) is 3.38. The fourth-order valence-electron chi connectivity index (χ4n) is 1.61. The zero-order valence-electron chi connectivity index (χ0n) is 11.2. The fraction of sp³-hybridized carbons (Fsp3) is 0.636. The van der Waals surface area contributed by atoms with Crippen LogP contribution in [0.15, 0.2) is 0 Å². The summed E-state index contributed by atoms with van der Waals surface area (Å²) in [7, 11) is 3.23. The largest absolute Gasteiger partial charge is 0.383 e. The van der Waals surface area contributed by atoms with Crippen LogP contribution in [-0.4, -0.2) is 43.6 Å². The minimum absolute atomic E-state index is 0.209. The molecule has 102 valence electrons. The van der Waals surface area contributed by atoms with E-state index in [9.17, 15) is 4.79 Å². The van der Waals surface area contributed by atoms with Crippen LogP contribution in [-0.2, 0) is 4.74 Å². The number of ether oxygens (including phenoxy) is 1. The molecular formula is C11H20N4O2S. The van der Waals surface area contributed by atoms with Gasteiger partial charge in [-0.25, -0.2) is 0 Å². The molecule has 0 aromatic carbocycles. The molecule has 0 spiro atoms. The molecule has 0 radical (unpaired) electrons. The number of hydrogen-bond acceptors (Lipinski definition) is 6. The molecule has 0 atom stereocenters. The Morgan fingerprint density at radius 3 is 2.78 bits per heavy atom. The summed E-state index contributed by atoms with van der Waals surface area (Å²) in [6, 6.07) is 0.239. The molecule has 1 heterocycles. The molecule has 1 rings (SSSR count). The van der Waals surface area contributed by atoms with Crippen LogP contribution in [0.5, 0.6) is 0 Å². The molecule has 7 heteroatoms. The summed E-state index contributed by atoms with van der Waals surface area (Å²) < 4.78 is 9.16. The first-order valence-corrected chi connectivity index (χ1v) is 6.53. The number of nitrogens with one attached hydrogen (secondary N) is 1. The summed E-state index contributed by atoms with van der Waals surface area (Å²) in [6.45, 7) is 5.39. The molecule has 18 heavy (non-hydrogen) atoms. The molecule has 0 saturated carbocycles. The average Bonchev–Trinajstić information content (AvgIpc) is 2.70. The van der Waals surface area contributed by atoms with Crippen LogP contribution in [0.4, 0.5) is 10.8 Å². The predicted molar refractivity (Wildman–Crippen MR) is 74.3 cm³/mol. The Hall–Kier alpha value is -1.34. The number of nitrogens with two attached hydrogens (primary N) is 1. The summed E-state index contributed by atoms with van der Waals surface area (Å²) >= 11 is 1.24. The minimum atomic E-state index is -0.209. The highest BCUT2D eigenvalue weighted by Gasteiger charge is 2.24. The maximum Gasteiger partial charge on any atom is 0.257 e. The SMILES string of the molecule is CNC(=O)c1c(N)nsc1N(CCOC)C(C)C. The molecule has 0 saturated heterocycles. The summed E-state index contributed by atoms with van der Waals surface area (Å²) in [4.78, 5) is 13.9. The fourth-order valence-corrected chi connectivity index (χ4v) is 2.58. The van der Waals surface area contributed by atoms with Crippen molar-refractivity contribution in [2.75, 3.05) is 37.9 Å². The van der Waals surface area contributed by atoms with Gasteiger partial charge in [0.25, 0.3) is 5.91 Å². The molecule has 0 aliphatic rings. The smallest absolute Gasteiger partial charge is 0.257 e. The van der Waals surface area contributed by atoms with E-state index < -0.39 is 0 Å². The van der Waals surface area contributed by atoms with Crippen molar-refractivity contribution >= 4 is 28.3 Å². The van der Waals surface area contributed by atoms with Gasteiger partial charge in [-0.1, -0.05) is 0 Å². The van der Waals surface area contributed by atoms with Crippen molar-refractivity contribution in [2.45, 2.75) is 19.9 Å². The number of methoxy groups -OCH3 is 1. The second-order valence-electron chi connectivity index (χ2n) is 4.11. The molecule has 0 bridgehead atoms. The summed E-state index contributed by atoms with van der Waals surface area (Å²) in [5.74, 6) is 0.0664. The van der Waals surface area contributed by atoms with Crippen LogP contribution < -0.4 is 16.0 Å². The van der Waals surface area contributed by atoms with Gasteiger partial charge in [-0.05, 0) is 25.4 Å². The van der Waals surface area contributed by atoms with Gasteiger partial charge in [-0.2, -0.15) is 4.37 Å². The zero-order valence-corrected chi connectivity index (χ0v) is 12.0. The molecule has 3 N–H and O–H groups in total. The average molecular weight is 272 g/mol. The van der Waals surface area contributed by atoms with E-state index in [4.69, 9.17) is 10.5 Å². The van der Waals surface area contributed by atoms with Gasteiger partial charge < -0.3 is 20.7 Å². The van der Waals surface area contributed by atoms with Crippen LogP contribution in [0.3, 0.4) is 0 Å². The van der Waals surface area contributed by atoms with Crippen LogP contribution in [0, 0.1) is 0 Å². The van der Waals surface area contributed by atoms with Gasteiger partial charge in [0, 0.05) is 26.7 Å². The third-order valence-corrected chi connectivity index (χ3v) is 3.47. The number of amides is 1. The monoisotopic (exact) mass is 272 g/mol. The third-order valence-electron chi connectivity index (χ3n) is 2.58. The second kappa shape index (κ2) is 6.55. The number of carbonyl (C=O) groups is 1. The van der Waals surface area contributed by atoms with E-state index in [1.165, 1.54) is 11.5 Å². The summed E-state index contributed by atoms with van der Waals surface area (Å²) in [6.07, 6.45) is 0. The van der Waals surface area contributed by atoms with E-state index in [1.807, 2.05) is 0 Å². The van der Waals surface area contributed by atoms with Gasteiger partial charge in [-0.15, -0.1) is 0 Å². The van der Waals surface area contributed by atoms with Crippen LogP contribution in [0.1, 0.15) is 24.2 Å². The highest BCUT2D eigenvalue weighted by atomic mass is 32.1. The van der Waals surface area contributed by atoms with Gasteiger partial charge in [0.05, 0.1) is 6.61 Å². The maximum absolute atomic E-state index is 11.8. The Morgan fingerprint density at radius 1 is 1.61 bits per heavy atom. The van der Waals surface area contributed by atoms with Gasteiger partial charge >= 0.3 is 0 Å².